The van der Waals surface area contributed by atoms with E-state index in [0.29, 0.717) is 39.4 Å². The minimum Gasteiger partial charge on any atom is -0.383 e. The van der Waals surface area contributed by atoms with Gasteiger partial charge in [-0.05, 0) is 12.8 Å². The van der Waals surface area contributed by atoms with Crippen LogP contribution in [-0.4, -0.2) is 76.7 Å². The maximum absolute atomic E-state index is 12.6. The topological polar surface area (TPSA) is 85.1 Å². The average Bonchev–Trinajstić information content (AvgIpc) is 2.87. The quantitative estimate of drug-likeness (QED) is 0.605. The predicted molar refractivity (Wildman–Crippen MR) is 73.0 cm³/mol. The molecule has 0 aliphatic carbocycles. The van der Waals surface area contributed by atoms with Gasteiger partial charge in [0.2, 0.25) is 0 Å². The van der Waals surface area contributed by atoms with Crippen LogP contribution in [0.25, 0.3) is 0 Å². The van der Waals surface area contributed by atoms with Gasteiger partial charge in [0.05, 0.1) is 13.2 Å². The van der Waals surface area contributed by atoms with Crippen molar-refractivity contribution in [2.45, 2.75) is 18.9 Å². The van der Waals surface area contributed by atoms with E-state index in [1.807, 2.05) is 0 Å². The molecule has 0 bridgehead atoms. The molecule has 7 nitrogen and oxygen atoms in total. The van der Waals surface area contributed by atoms with Crippen LogP contribution in [0.4, 0.5) is 0 Å². The molecule has 19 heavy (non-hydrogen) atoms. The molecule has 8 heteroatoms. The van der Waals surface area contributed by atoms with Gasteiger partial charge in [-0.25, -0.2) is 0 Å². The molecule has 1 heterocycles. The van der Waals surface area contributed by atoms with E-state index >= 15 is 0 Å². The highest BCUT2D eigenvalue weighted by molar-refractivity contribution is 7.86. The smallest absolute Gasteiger partial charge is 0.282 e. The van der Waals surface area contributed by atoms with Gasteiger partial charge in [0.1, 0.15) is 0 Å². The van der Waals surface area contributed by atoms with E-state index in [1.54, 1.807) is 14.2 Å². The van der Waals surface area contributed by atoms with Gasteiger partial charge in [0.25, 0.3) is 10.2 Å². The highest BCUT2D eigenvalue weighted by Gasteiger charge is 2.37. The number of ether oxygens (including phenoxy) is 2. The van der Waals surface area contributed by atoms with Gasteiger partial charge >= 0.3 is 0 Å². The van der Waals surface area contributed by atoms with Crippen molar-refractivity contribution in [2.75, 3.05) is 53.6 Å². The lowest BCUT2D eigenvalue weighted by molar-refractivity contribution is 0.146. The Morgan fingerprint density at radius 2 is 1.84 bits per heavy atom. The molecular weight excluding hydrogens is 270 g/mol. The molecule has 114 valence electrons. The van der Waals surface area contributed by atoms with Crippen LogP contribution < -0.4 is 5.73 Å². The Balaban J connectivity index is 2.78. The van der Waals surface area contributed by atoms with Gasteiger partial charge in [0, 0.05) is 46.4 Å². The molecule has 0 aromatic heterocycles. The monoisotopic (exact) mass is 295 g/mol. The molecule has 1 rings (SSSR count). The van der Waals surface area contributed by atoms with E-state index in [-0.39, 0.29) is 6.04 Å². The molecule has 1 aliphatic heterocycles. The summed E-state index contributed by atoms with van der Waals surface area (Å²) < 4.78 is 38.1. The summed E-state index contributed by atoms with van der Waals surface area (Å²) in [5.41, 5.74) is 5.65. The second kappa shape index (κ2) is 8.13. The average molecular weight is 295 g/mol. The maximum Gasteiger partial charge on any atom is 0.282 e. The van der Waals surface area contributed by atoms with Crippen molar-refractivity contribution < 1.29 is 17.9 Å². The first-order chi connectivity index (χ1) is 9.07. The fraction of sp³-hybridized carbons (Fsp3) is 1.00. The standard InChI is InChI=1S/C11H25N3O4S/c1-17-8-6-13(7-9-18-2)19(15,16)14-5-3-4-11(14)10-12/h11H,3-10,12H2,1-2H3. The molecule has 1 saturated heterocycles. The van der Waals surface area contributed by atoms with Crippen molar-refractivity contribution >= 4 is 10.2 Å². The third-order valence-corrected chi connectivity index (χ3v) is 5.40. The van der Waals surface area contributed by atoms with Crippen molar-refractivity contribution in [3.8, 4) is 0 Å². The summed E-state index contributed by atoms with van der Waals surface area (Å²) in [6.45, 7) is 2.29. The van der Waals surface area contributed by atoms with E-state index in [1.165, 1.54) is 8.61 Å². The number of hydrogen-bond acceptors (Lipinski definition) is 5. The Bertz CT molecular complexity index is 342. The van der Waals surface area contributed by atoms with E-state index in [2.05, 4.69) is 0 Å². The lowest BCUT2D eigenvalue weighted by Gasteiger charge is -2.30. The number of hydrogen-bond donors (Lipinski definition) is 1. The zero-order valence-electron chi connectivity index (χ0n) is 11.7. The largest absolute Gasteiger partial charge is 0.383 e. The predicted octanol–water partition coefficient (Wildman–Crippen LogP) is -0.751. The molecule has 0 aromatic carbocycles. The Kier molecular flexibility index (Phi) is 7.19. The summed E-state index contributed by atoms with van der Waals surface area (Å²) in [4.78, 5) is 0. The third-order valence-electron chi connectivity index (χ3n) is 3.31. The molecule has 0 spiro atoms. The molecule has 0 aromatic rings. The highest BCUT2D eigenvalue weighted by atomic mass is 32.2. The number of rotatable bonds is 9. The van der Waals surface area contributed by atoms with Crippen LogP contribution in [0.2, 0.25) is 0 Å². The van der Waals surface area contributed by atoms with Crippen LogP contribution in [0, 0.1) is 0 Å². The molecule has 1 unspecified atom stereocenters. The minimum absolute atomic E-state index is 0.0856. The molecule has 0 saturated carbocycles. The second-order valence-electron chi connectivity index (χ2n) is 4.53. The van der Waals surface area contributed by atoms with Crippen LogP contribution in [-0.2, 0) is 19.7 Å². The summed E-state index contributed by atoms with van der Waals surface area (Å²) in [6.07, 6.45) is 1.70. The first kappa shape index (κ1) is 16.8. The summed E-state index contributed by atoms with van der Waals surface area (Å²) in [5.74, 6) is 0. The maximum atomic E-state index is 12.6. The summed E-state index contributed by atoms with van der Waals surface area (Å²) >= 11 is 0. The van der Waals surface area contributed by atoms with Crippen LogP contribution in [0.5, 0.6) is 0 Å². The van der Waals surface area contributed by atoms with E-state index in [0.717, 1.165) is 12.8 Å². The Morgan fingerprint density at radius 1 is 1.26 bits per heavy atom. The van der Waals surface area contributed by atoms with Crippen molar-refractivity contribution in [2.24, 2.45) is 5.73 Å². The Labute approximate surface area is 115 Å². The normalized spacial score (nSPS) is 21.4. The molecule has 0 radical (unpaired) electrons. The van der Waals surface area contributed by atoms with Crippen LogP contribution in [0.1, 0.15) is 12.8 Å². The van der Waals surface area contributed by atoms with Gasteiger partial charge in [-0.3, -0.25) is 0 Å². The van der Waals surface area contributed by atoms with E-state index in [9.17, 15) is 8.42 Å². The fourth-order valence-corrected chi connectivity index (χ4v) is 4.06. The minimum atomic E-state index is -3.48. The number of methoxy groups -OCH3 is 2. The van der Waals surface area contributed by atoms with Crippen molar-refractivity contribution in [1.29, 1.82) is 0 Å². The summed E-state index contributed by atoms with van der Waals surface area (Å²) in [6, 6.07) is -0.0856. The molecule has 1 aliphatic rings. The molecule has 2 N–H and O–H groups in total. The number of nitrogens with zero attached hydrogens (tertiary/aromatic N) is 2. The zero-order chi connectivity index (χ0) is 14.3. The SMILES string of the molecule is COCCN(CCOC)S(=O)(=O)N1CCCC1CN. The number of nitrogens with two attached hydrogens (primary N) is 1. The van der Waals surface area contributed by atoms with Crippen LogP contribution in [0.15, 0.2) is 0 Å². The third kappa shape index (κ3) is 4.37. The lowest BCUT2D eigenvalue weighted by atomic mass is 10.2. The first-order valence-corrected chi connectivity index (χ1v) is 7.92. The van der Waals surface area contributed by atoms with E-state index < -0.39 is 10.2 Å². The van der Waals surface area contributed by atoms with Gasteiger partial charge in [-0.15, -0.1) is 0 Å². The Morgan fingerprint density at radius 3 is 2.32 bits per heavy atom. The molecule has 1 atom stereocenters. The van der Waals surface area contributed by atoms with Crippen molar-refractivity contribution in [3.05, 3.63) is 0 Å². The Hall–Kier alpha value is -0.250. The van der Waals surface area contributed by atoms with Crippen LogP contribution >= 0.6 is 0 Å². The molecule has 0 amide bonds. The summed E-state index contributed by atoms with van der Waals surface area (Å²) in [5, 5.41) is 0. The first-order valence-electron chi connectivity index (χ1n) is 6.52. The highest BCUT2D eigenvalue weighted by Crippen LogP contribution is 2.22. The van der Waals surface area contributed by atoms with E-state index in [4.69, 9.17) is 15.2 Å². The van der Waals surface area contributed by atoms with Crippen molar-refractivity contribution in [3.63, 3.8) is 0 Å². The van der Waals surface area contributed by atoms with Gasteiger partial charge in [-0.1, -0.05) is 0 Å². The summed E-state index contributed by atoms with van der Waals surface area (Å²) in [7, 11) is -0.369. The van der Waals surface area contributed by atoms with Gasteiger partial charge < -0.3 is 15.2 Å². The fourth-order valence-electron chi connectivity index (χ4n) is 2.23. The zero-order valence-corrected chi connectivity index (χ0v) is 12.6. The van der Waals surface area contributed by atoms with Crippen molar-refractivity contribution in [1.82, 2.24) is 8.61 Å². The van der Waals surface area contributed by atoms with Gasteiger partial charge in [0.15, 0.2) is 0 Å². The van der Waals surface area contributed by atoms with Crippen LogP contribution in [0.3, 0.4) is 0 Å². The molecular formula is C11H25N3O4S. The lowest BCUT2D eigenvalue weighted by Crippen LogP contribution is -2.49. The van der Waals surface area contributed by atoms with Gasteiger partial charge in [-0.2, -0.15) is 17.0 Å². The molecule has 1 fully saturated rings. The second-order valence-corrected chi connectivity index (χ2v) is 6.42.